The predicted molar refractivity (Wildman–Crippen MR) is 117 cm³/mol. The minimum Gasteiger partial charge on any atom is -0.370 e. The smallest absolute Gasteiger partial charge is 0.128 e. The summed E-state index contributed by atoms with van der Waals surface area (Å²) in [6, 6.07) is 12.1. The van der Waals surface area contributed by atoms with Crippen LogP contribution >= 0.6 is 43.5 Å². The molecular weight excluding hydrogens is 478 g/mol. The minimum absolute atomic E-state index is 0.118. The quantitative estimate of drug-likeness (QED) is 0.478. The molecule has 136 valence electrons. The second kappa shape index (κ2) is 7.53. The van der Waals surface area contributed by atoms with Crippen molar-refractivity contribution < 1.29 is 0 Å². The summed E-state index contributed by atoms with van der Waals surface area (Å²) < 4.78 is 2.05. The van der Waals surface area contributed by atoms with Crippen LogP contribution in [0.4, 0.5) is 11.4 Å². The third kappa shape index (κ3) is 3.54. The number of rotatable bonds is 2. The molecule has 0 unspecified atom stereocenters. The molecule has 1 aliphatic heterocycles. The summed E-state index contributed by atoms with van der Waals surface area (Å²) in [6.07, 6.45) is 5.90. The van der Waals surface area contributed by atoms with Crippen molar-refractivity contribution in [3.8, 4) is 0 Å². The Morgan fingerprint density at radius 3 is 2.62 bits per heavy atom. The molecule has 1 fully saturated rings. The largest absolute Gasteiger partial charge is 0.370 e. The van der Waals surface area contributed by atoms with Crippen molar-refractivity contribution in [2.24, 2.45) is 4.99 Å². The van der Waals surface area contributed by atoms with E-state index in [2.05, 4.69) is 54.6 Å². The summed E-state index contributed by atoms with van der Waals surface area (Å²) in [4.78, 5) is 5.05. The predicted octanol–water partition coefficient (Wildman–Crippen LogP) is 6.81. The van der Waals surface area contributed by atoms with E-state index >= 15 is 0 Å². The van der Waals surface area contributed by atoms with Gasteiger partial charge in [-0.2, -0.15) is 0 Å². The molecule has 2 aromatic rings. The number of nitrogens with one attached hydrogen (secondary N) is 2. The fraction of sp³-hybridized carbons (Fsp3) is 0.350. The van der Waals surface area contributed by atoms with Crippen molar-refractivity contribution in [3.63, 3.8) is 0 Å². The van der Waals surface area contributed by atoms with Crippen LogP contribution in [0.5, 0.6) is 0 Å². The van der Waals surface area contributed by atoms with Crippen LogP contribution in [0, 0.1) is 0 Å². The number of fused-ring (bicyclic) bond motifs is 1. The number of hydrogen-bond acceptors (Lipinski definition) is 3. The van der Waals surface area contributed by atoms with Crippen LogP contribution in [0.3, 0.4) is 0 Å². The Kier molecular flexibility index (Phi) is 5.31. The van der Waals surface area contributed by atoms with E-state index in [-0.39, 0.29) is 5.54 Å². The first-order valence-corrected chi connectivity index (χ1v) is 10.9. The van der Waals surface area contributed by atoms with E-state index in [4.69, 9.17) is 16.6 Å². The van der Waals surface area contributed by atoms with Gasteiger partial charge in [0.15, 0.2) is 0 Å². The molecule has 0 radical (unpaired) electrons. The zero-order valence-corrected chi connectivity index (χ0v) is 18.2. The third-order valence-corrected chi connectivity index (χ3v) is 6.71. The highest BCUT2D eigenvalue weighted by Crippen LogP contribution is 2.46. The molecule has 2 N–H and O–H groups in total. The molecule has 1 heterocycles. The Hall–Kier alpha value is -1.04. The van der Waals surface area contributed by atoms with Gasteiger partial charge in [-0.05, 0) is 74.5 Å². The normalized spacial score (nSPS) is 18.0. The Balaban J connectivity index is 1.70. The first kappa shape index (κ1) is 18.3. The minimum atomic E-state index is -0.118. The van der Waals surface area contributed by atoms with E-state index in [0.717, 1.165) is 49.6 Å². The number of halogens is 3. The van der Waals surface area contributed by atoms with Crippen molar-refractivity contribution in [1.29, 1.82) is 0 Å². The molecule has 0 bridgehead atoms. The van der Waals surface area contributed by atoms with Crippen LogP contribution in [0.15, 0.2) is 50.3 Å². The molecule has 0 amide bonds. The Morgan fingerprint density at radius 2 is 1.85 bits per heavy atom. The molecule has 0 atom stereocenters. The van der Waals surface area contributed by atoms with Crippen molar-refractivity contribution >= 4 is 60.7 Å². The highest BCUT2D eigenvalue weighted by molar-refractivity contribution is 9.11. The van der Waals surface area contributed by atoms with Crippen LogP contribution in [0.2, 0.25) is 5.02 Å². The lowest BCUT2D eigenvalue weighted by Gasteiger charge is -2.43. The number of aliphatic imine (C=N–C) groups is 1. The summed E-state index contributed by atoms with van der Waals surface area (Å²) >= 11 is 13.5. The number of hydrogen-bond donors (Lipinski definition) is 2. The van der Waals surface area contributed by atoms with Crippen molar-refractivity contribution in [1.82, 2.24) is 5.32 Å². The van der Waals surface area contributed by atoms with Crippen molar-refractivity contribution in [2.45, 2.75) is 44.2 Å². The highest BCUT2D eigenvalue weighted by atomic mass is 79.9. The molecule has 2 aliphatic rings. The molecule has 26 heavy (non-hydrogen) atoms. The first-order chi connectivity index (χ1) is 12.6. The van der Waals surface area contributed by atoms with E-state index in [1.54, 1.807) is 0 Å². The Morgan fingerprint density at radius 1 is 1.08 bits per heavy atom. The molecule has 1 aliphatic carbocycles. The molecule has 1 spiro atoms. The summed E-state index contributed by atoms with van der Waals surface area (Å²) in [5, 5.41) is 8.19. The second-order valence-corrected chi connectivity index (χ2v) is 9.11. The maximum absolute atomic E-state index is 6.13. The van der Waals surface area contributed by atoms with Gasteiger partial charge in [-0.3, -0.25) is 0 Å². The lowest BCUT2D eigenvalue weighted by molar-refractivity contribution is 0.396. The monoisotopic (exact) mass is 495 g/mol. The maximum atomic E-state index is 6.13. The lowest BCUT2D eigenvalue weighted by Crippen LogP contribution is -2.54. The van der Waals surface area contributed by atoms with Gasteiger partial charge in [0, 0.05) is 20.5 Å². The summed E-state index contributed by atoms with van der Waals surface area (Å²) in [6.45, 7) is 0.712. The number of amidine groups is 1. The third-order valence-electron chi connectivity index (χ3n) is 5.18. The van der Waals surface area contributed by atoms with E-state index in [1.807, 2.05) is 24.3 Å². The van der Waals surface area contributed by atoms with E-state index in [1.165, 1.54) is 19.3 Å². The summed E-state index contributed by atoms with van der Waals surface area (Å²) in [5.41, 5.74) is 3.07. The van der Waals surface area contributed by atoms with Crippen LogP contribution in [-0.4, -0.2) is 11.4 Å². The Bertz CT molecular complexity index is 860. The molecule has 6 heteroatoms. The average Bonchev–Trinajstić information content (AvgIpc) is 2.64. The summed E-state index contributed by atoms with van der Waals surface area (Å²) in [5.74, 6) is 1.03. The second-order valence-electron chi connectivity index (χ2n) is 6.96. The van der Waals surface area contributed by atoms with E-state index < -0.39 is 0 Å². The first-order valence-electron chi connectivity index (χ1n) is 8.91. The molecule has 1 saturated carbocycles. The van der Waals surface area contributed by atoms with Crippen LogP contribution in [-0.2, 0) is 6.54 Å². The number of nitrogens with zero attached hydrogens (tertiary/aromatic N) is 1. The molecule has 3 nitrogen and oxygen atoms in total. The van der Waals surface area contributed by atoms with Gasteiger partial charge in [0.2, 0.25) is 0 Å². The number of anilines is 1. The standard InChI is InChI=1S/C20H20Br2ClN3/c21-15-7-8-16(22)18-17(15)25-19(20(26-18)9-2-1-3-10-20)24-12-13-5-4-6-14(23)11-13/h4-8,11,26H,1-3,9-10,12H2,(H,24,25). The van der Waals surface area contributed by atoms with Gasteiger partial charge in [-0.1, -0.05) is 43.0 Å². The zero-order valence-electron chi connectivity index (χ0n) is 14.3. The van der Waals surface area contributed by atoms with Crippen molar-refractivity contribution in [3.05, 3.63) is 55.9 Å². The molecular formula is C20H20Br2ClN3. The number of benzene rings is 2. The zero-order chi connectivity index (χ0) is 18.1. The van der Waals surface area contributed by atoms with Gasteiger partial charge in [0.25, 0.3) is 0 Å². The van der Waals surface area contributed by atoms with Gasteiger partial charge >= 0.3 is 0 Å². The van der Waals surface area contributed by atoms with E-state index in [0.29, 0.717) is 6.54 Å². The van der Waals surface area contributed by atoms with Crippen molar-refractivity contribution in [2.75, 3.05) is 5.32 Å². The maximum Gasteiger partial charge on any atom is 0.128 e. The topological polar surface area (TPSA) is 36.4 Å². The van der Waals surface area contributed by atoms with Gasteiger partial charge in [-0.15, -0.1) is 0 Å². The van der Waals surface area contributed by atoms with Gasteiger partial charge in [0.1, 0.15) is 11.5 Å². The fourth-order valence-electron chi connectivity index (χ4n) is 3.85. The van der Waals surface area contributed by atoms with Gasteiger partial charge in [-0.25, -0.2) is 4.99 Å². The van der Waals surface area contributed by atoms with Crippen LogP contribution in [0.1, 0.15) is 37.7 Å². The summed E-state index contributed by atoms with van der Waals surface area (Å²) in [7, 11) is 0. The Labute approximate surface area is 175 Å². The van der Waals surface area contributed by atoms with Crippen LogP contribution in [0.25, 0.3) is 0 Å². The average molecular weight is 498 g/mol. The highest BCUT2D eigenvalue weighted by Gasteiger charge is 2.41. The fourth-order valence-corrected chi connectivity index (χ4v) is 4.90. The molecule has 0 aromatic heterocycles. The SMILES string of the molecule is Clc1cccc(CNC2=Nc3c(Br)ccc(Br)c3NC23CCCCC3)c1. The van der Waals surface area contributed by atoms with Gasteiger partial charge in [0.05, 0.1) is 11.2 Å². The van der Waals surface area contributed by atoms with Crippen LogP contribution < -0.4 is 10.6 Å². The van der Waals surface area contributed by atoms with E-state index in [9.17, 15) is 0 Å². The van der Waals surface area contributed by atoms with Gasteiger partial charge < -0.3 is 10.6 Å². The molecule has 0 saturated heterocycles. The molecule has 4 rings (SSSR count). The molecule has 2 aromatic carbocycles. The lowest BCUT2D eigenvalue weighted by atomic mass is 9.79.